The van der Waals surface area contributed by atoms with Crippen LogP contribution in [0.15, 0.2) is 59.4 Å². The molecule has 2 amide bonds. The molecule has 1 aliphatic rings. The van der Waals surface area contributed by atoms with Gasteiger partial charge in [-0.15, -0.1) is 0 Å². The van der Waals surface area contributed by atoms with Gasteiger partial charge in [0, 0.05) is 18.0 Å². The van der Waals surface area contributed by atoms with E-state index >= 15 is 0 Å². The predicted molar refractivity (Wildman–Crippen MR) is 90.3 cm³/mol. The number of carbonyl (C=O) groups is 2. The van der Waals surface area contributed by atoms with Crippen molar-refractivity contribution in [3.8, 4) is 0 Å². The van der Waals surface area contributed by atoms with Crippen LogP contribution in [0, 0.1) is 0 Å². The number of hydrogen-bond donors (Lipinski definition) is 5. The van der Waals surface area contributed by atoms with E-state index in [0.29, 0.717) is 18.1 Å². The van der Waals surface area contributed by atoms with Crippen molar-refractivity contribution in [2.45, 2.75) is 13.0 Å². The summed E-state index contributed by atoms with van der Waals surface area (Å²) in [5, 5.41) is 17.2. The lowest BCUT2D eigenvalue weighted by molar-refractivity contribution is -0.124. The van der Waals surface area contributed by atoms with E-state index in [-0.39, 0.29) is 5.91 Å². The lowest BCUT2D eigenvalue weighted by Gasteiger charge is -2.18. The molecule has 0 saturated heterocycles. The molecule has 5 N–H and O–H groups in total. The maximum Gasteiger partial charge on any atom is 0.267 e. The van der Waals surface area contributed by atoms with Crippen molar-refractivity contribution in [3.05, 3.63) is 54.4 Å². The monoisotopic (exact) mass is 329 g/mol. The molecule has 8 nitrogen and oxygen atoms in total. The summed E-state index contributed by atoms with van der Waals surface area (Å²) >= 11 is 0. The van der Waals surface area contributed by atoms with Crippen LogP contribution in [0.1, 0.15) is 6.92 Å². The van der Waals surface area contributed by atoms with Gasteiger partial charge in [0.05, 0.1) is 12.2 Å². The first-order valence-corrected chi connectivity index (χ1v) is 7.34. The third kappa shape index (κ3) is 5.25. The van der Waals surface area contributed by atoms with Crippen LogP contribution in [-0.2, 0) is 9.59 Å². The van der Waals surface area contributed by atoms with E-state index in [1.807, 2.05) is 30.3 Å². The number of hydroxylamine groups is 1. The maximum absolute atomic E-state index is 12.1. The first-order valence-electron chi connectivity index (χ1n) is 7.34. The number of allylic oxidation sites excluding steroid dienone is 1. The molecule has 8 heteroatoms. The highest BCUT2D eigenvalue weighted by atomic mass is 16.5. The molecular formula is C16H19N5O3. The van der Waals surface area contributed by atoms with Gasteiger partial charge < -0.3 is 16.0 Å². The maximum atomic E-state index is 12.1. The zero-order valence-electron chi connectivity index (χ0n) is 13.1. The molecule has 0 spiro atoms. The highest BCUT2D eigenvalue weighted by Crippen LogP contribution is 2.06. The number of nitrogens with zero attached hydrogens (tertiary/aromatic N) is 1. The van der Waals surface area contributed by atoms with Crippen molar-refractivity contribution in [1.82, 2.24) is 16.1 Å². The average Bonchev–Trinajstić information content (AvgIpc) is 2.61. The normalized spacial score (nSPS) is 16.8. The minimum Gasteiger partial charge on any atom is -0.377 e. The zero-order valence-corrected chi connectivity index (χ0v) is 13.1. The molecule has 1 aromatic rings. The molecule has 1 unspecified atom stereocenters. The van der Waals surface area contributed by atoms with Crippen LogP contribution in [0.2, 0.25) is 0 Å². The van der Waals surface area contributed by atoms with Gasteiger partial charge in [0.15, 0.2) is 0 Å². The molecule has 1 heterocycles. The Morgan fingerprint density at radius 2 is 2.08 bits per heavy atom. The number of hydrogen-bond acceptors (Lipinski definition) is 5. The largest absolute Gasteiger partial charge is 0.377 e. The Kier molecular flexibility index (Phi) is 6.09. The summed E-state index contributed by atoms with van der Waals surface area (Å²) in [6, 6.07) is 8.62. The lowest BCUT2D eigenvalue weighted by atomic mass is 10.2. The van der Waals surface area contributed by atoms with Gasteiger partial charge in [-0.05, 0) is 25.1 Å². The Hall–Kier alpha value is -3.13. The lowest BCUT2D eigenvalue weighted by Crippen LogP contribution is -2.38. The molecule has 1 aromatic carbocycles. The van der Waals surface area contributed by atoms with Crippen molar-refractivity contribution >= 4 is 23.3 Å². The molecule has 0 radical (unpaired) electrons. The SMILES string of the molecule is CC(N=C1CNC(/C=C/C(=O)NO)=CN1)C(=O)Nc1ccccc1. The Morgan fingerprint density at radius 1 is 1.33 bits per heavy atom. The third-order valence-electron chi connectivity index (χ3n) is 3.15. The van der Waals surface area contributed by atoms with Gasteiger partial charge in [-0.3, -0.25) is 19.8 Å². The molecule has 2 rings (SSSR count). The zero-order chi connectivity index (χ0) is 17.4. The summed E-state index contributed by atoms with van der Waals surface area (Å²) < 4.78 is 0. The molecule has 0 bridgehead atoms. The van der Waals surface area contributed by atoms with Crippen LogP contribution in [0.5, 0.6) is 0 Å². The number of rotatable bonds is 5. The van der Waals surface area contributed by atoms with Crippen molar-refractivity contribution in [3.63, 3.8) is 0 Å². The average molecular weight is 329 g/mol. The number of carbonyl (C=O) groups excluding carboxylic acids is 2. The van der Waals surface area contributed by atoms with Gasteiger partial charge in [-0.25, -0.2) is 5.48 Å². The first-order chi connectivity index (χ1) is 11.6. The minimum absolute atomic E-state index is 0.204. The standard InChI is InChI=1S/C16H19N5O3/c1-11(16(23)20-12-5-3-2-4-6-12)19-14-10-17-13(9-18-14)7-8-15(22)21-24/h2-9,11,17,24H,10H2,1H3,(H,18,19)(H,20,23)(H,21,22)/b8-7+. The highest BCUT2D eigenvalue weighted by molar-refractivity contribution is 5.97. The molecule has 1 aliphatic heterocycles. The smallest absolute Gasteiger partial charge is 0.267 e. The van der Waals surface area contributed by atoms with Crippen molar-refractivity contribution in [2.75, 3.05) is 11.9 Å². The first kappa shape index (κ1) is 17.2. The fraction of sp³-hybridized carbons (Fsp3) is 0.188. The van der Waals surface area contributed by atoms with Gasteiger partial charge in [0.25, 0.3) is 5.91 Å². The molecule has 24 heavy (non-hydrogen) atoms. The molecule has 126 valence electrons. The Balaban J connectivity index is 1.90. The van der Waals surface area contributed by atoms with E-state index in [2.05, 4.69) is 20.9 Å². The number of anilines is 1. The van der Waals surface area contributed by atoms with Crippen LogP contribution in [0.25, 0.3) is 0 Å². The molecule has 0 fully saturated rings. The number of para-hydroxylation sites is 1. The van der Waals surface area contributed by atoms with Gasteiger partial charge in [0.1, 0.15) is 11.9 Å². The van der Waals surface area contributed by atoms with Crippen molar-refractivity contribution in [1.29, 1.82) is 0 Å². The number of aliphatic imine (C=N–C) groups is 1. The van der Waals surface area contributed by atoms with Crippen LogP contribution in [0.4, 0.5) is 5.69 Å². The summed E-state index contributed by atoms with van der Waals surface area (Å²) in [4.78, 5) is 27.3. The summed E-state index contributed by atoms with van der Waals surface area (Å²) in [6.07, 6.45) is 4.30. The molecule has 0 aromatic heterocycles. The quantitative estimate of drug-likeness (QED) is 0.307. The van der Waals surface area contributed by atoms with Crippen molar-refractivity contribution in [2.24, 2.45) is 4.99 Å². The fourth-order valence-corrected chi connectivity index (χ4v) is 1.90. The summed E-state index contributed by atoms with van der Waals surface area (Å²) in [7, 11) is 0. The van der Waals surface area contributed by atoms with Crippen LogP contribution < -0.4 is 21.4 Å². The molecular weight excluding hydrogens is 310 g/mol. The number of nitrogens with one attached hydrogen (secondary N) is 4. The molecule has 0 aliphatic carbocycles. The Labute approximate surface area is 139 Å². The Bertz CT molecular complexity index is 682. The number of amides is 2. The van der Waals surface area contributed by atoms with E-state index in [0.717, 1.165) is 5.69 Å². The van der Waals surface area contributed by atoms with E-state index in [4.69, 9.17) is 5.21 Å². The van der Waals surface area contributed by atoms with Gasteiger partial charge in [-0.1, -0.05) is 18.2 Å². The van der Waals surface area contributed by atoms with Gasteiger partial charge in [-0.2, -0.15) is 0 Å². The number of amidine groups is 1. The van der Waals surface area contributed by atoms with Crippen LogP contribution in [0.3, 0.4) is 0 Å². The van der Waals surface area contributed by atoms with Crippen LogP contribution in [-0.4, -0.2) is 35.4 Å². The molecule has 1 atom stereocenters. The number of benzene rings is 1. The van der Waals surface area contributed by atoms with Crippen LogP contribution >= 0.6 is 0 Å². The van der Waals surface area contributed by atoms with Crippen molar-refractivity contribution < 1.29 is 14.8 Å². The second kappa shape index (κ2) is 8.49. The summed E-state index contributed by atoms with van der Waals surface area (Å²) in [6.45, 7) is 2.09. The second-order valence-corrected chi connectivity index (χ2v) is 5.01. The highest BCUT2D eigenvalue weighted by Gasteiger charge is 2.14. The van der Waals surface area contributed by atoms with E-state index in [1.54, 1.807) is 13.1 Å². The van der Waals surface area contributed by atoms with Gasteiger partial charge in [0.2, 0.25) is 5.91 Å². The van der Waals surface area contributed by atoms with E-state index < -0.39 is 11.9 Å². The fourth-order valence-electron chi connectivity index (χ4n) is 1.90. The Morgan fingerprint density at radius 3 is 2.71 bits per heavy atom. The summed E-state index contributed by atoms with van der Waals surface area (Å²) in [5.41, 5.74) is 2.88. The van der Waals surface area contributed by atoms with E-state index in [9.17, 15) is 9.59 Å². The second-order valence-electron chi connectivity index (χ2n) is 5.01. The molecule has 0 saturated carbocycles. The minimum atomic E-state index is -0.622. The summed E-state index contributed by atoms with van der Waals surface area (Å²) in [5.74, 6) is -0.220. The predicted octanol–water partition coefficient (Wildman–Crippen LogP) is 0.508. The third-order valence-corrected chi connectivity index (χ3v) is 3.15. The van der Waals surface area contributed by atoms with Gasteiger partial charge >= 0.3 is 0 Å². The topological polar surface area (TPSA) is 115 Å². The van der Waals surface area contributed by atoms with E-state index in [1.165, 1.54) is 17.6 Å².